The molecule has 2 aliphatic rings. The van der Waals surface area contributed by atoms with Crippen molar-refractivity contribution in [2.45, 2.75) is 12.8 Å². The van der Waals surface area contributed by atoms with Gasteiger partial charge in [-0.3, -0.25) is 14.4 Å². The van der Waals surface area contributed by atoms with Crippen LogP contribution in [0.3, 0.4) is 0 Å². The Morgan fingerprint density at radius 1 is 1.19 bits per heavy atom. The van der Waals surface area contributed by atoms with E-state index in [-0.39, 0.29) is 24.2 Å². The standard InChI is InChI=1S/C19H25N3O4/c1-26-17-4-2-15(3-5-17)6-7-22-13-16(12-18(22)24)19(25)21-10-8-20(14-23)9-11-21/h2-5,14,16H,6-13H2,1H3. The fourth-order valence-electron chi connectivity index (χ4n) is 3.52. The summed E-state index contributed by atoms with van der Waals surface area (Å²) in [6, 6.07) is 7.81. The Hall–Kier alpha value is -2.57. The van der Waals surface area contributed by atoms with E-state index in [0.717, 1.165) is 24.1 Å². The molecule has 2 saturated heterocycles. The predicted octanol–water partition coefficient (Wildman–Crippen LogP) is 0.387. The summed E-state index contributed by atoms with van der Waals surface area (Å²) >= 11 is 0. The molecule has 0 spiro atoms. The Morgan fingerprint density at radius 3 is 2.50 bits per heavy atom. The van der Waals surface area contributed by atoms with E-state index in [2.05, 4.69) is 0 Å². The van der Waals surface area contributed by atoms with Gasteiger partial charge in [-0.15, -0.1) is 0 Å². The van der Waals surface area contributed by atoms with Gasteiger partial charge in [-0.05, 0) is 24.1 Å². The molecule has 140 valence electrons. The third-order valence-electron chi connectivity index (χ3n) is 5.17. The maximum atomic E-state index is 12.7. The predicted molar refractivity (Wildman–Crippen MR) is 95.6 cm³/mol. The van der Waals surface area contributed by atoms with Crippen LogP contribution in [0.5, 0.6) is 5.75 Å². The third kappa shape index (κ3) is 4.15. The summed E-state index contributed by atoms with van der Waals surface area (Å²) in [5.74, 6) is 0.631. The summed E-state index contributed by atoms with van der Waals surface area (Å²) in [4.78, 5) is 40.9. The number of carbonyl (C=O) groups is 3. The van der Waals surface area contributed by atoms with Crippen molar-refractivity contribution in [3.63, 3.8) is 0 Å². The van der Waals surface area contributed by atoms with Gasteiger partial charge in [-0.2, -0.15) is 0 Å². The van der Waals surface area contributed by atoms with Crippen LogP contribution in [0.15, 0.2) is 24.3 Å². The number of methoxy groups -OCH3 is 1. The number of benzene rings is 1. The minimum atomic E-state index is -0.263. The number of carbonyl (C=O) groups excluding carboxylic acids is 3. The number of rotatable bonds is 6. The van der Waals surface area contributed by atoms with E-state index in [0.29, 0.717) is 39.3 Å². The van der Waals surface area contributed by atoms with Gasteiger partial charge in [0.05, 0.1) is 13.0 Å². The molecule has 0 saturated carbocycles. The number of likely N-dealkylation sites (tertiary alicyclic amines) is 1. The second-order valence-electron chi connectivity index (χ2n) is 6.81. The quantitative estimate of drug-likeness (QED) is 0.689. The van der Waals surface area contributed by atoms with Gasteiger partial charge in [0.2, 0.25) is 18.2 Å². The molecule has 0 aromatic heterocycles. The first-order valence-corrected chi connectivity index (χ1v) is 8.99. The average Bonchev–Trinajstić information content (AvgIpc) is 3.07. The van der Waals surface area contributed by atoms with E-state index in [1.807, 2.05) is 24.3 Å². The Morgan fingerprint density at radius 2 is 1.88 bits per heavy atom. The van der Waals surface area contributed by atoms with Gasteiger partial charge in [-0.25, -0.2) is 0 Å². The molecule has 1 unspecified atom stereocenters. The molecule has 26 heavy (non-hydrogen) atoms. The van der Waals surface area contributed by atoms with Crippen LogP contribution in [0.4, 0.5) is 0 Å². The Labute approximate surface area is 153 Å². The van der Waals surface area contributed by atoms with Crippen molar-refractivity contribution in [1.29, 1.82) is 0 Å². The lowest BCUT2D eigenvalue weighted by molar-refractivity contribution is -0.139. The second-order valence-corrected chi connectivity index (χ2v) is 6.81. The minimum Gasteiger partial charge on any atom is -0.497 e. The van der Waals surface area contributed by atoms with Crippen LogP contribution < -0.4 is 4.74 Å². The highest BCUT2D eigenvalue weighted by Crippen LogP contribution is 2.21. The lowest BCUT2D eigenvalue weighted by atomic mass is 10.1. The fourth-order valence-corrected chi connectivity index (χ4v) is 3.52. The molecule has 7 nitrogen and oxygen atoms in total. The lowest BCUT2D eigenvalue weighted by Crippen LogP contribution is -2.50. The summed E-state index contributed by atoms with van der Waals surface area (Å²) in [6.45, 7) is 3.34. The highest BCUT2D eigenvalue weighted by Gasteiger charge is 2.36. The molecular weight excluding hydrogens is 334 g/mol. The van der Waals surface area contributed by atoms with E-state index in [1.165, 1.54) is 0 Å². The highest BCUT2D eigenvalue weighted by molar-refractivity contribution is 5.89. The van der Waals surface area contributed by atoms with Crippen molar-refractivity contribution in [2.75, 3.05) is 46.4 Å². The first-order valence-electron chi connectivity index (χ1n) is 8.99. The number of hydrogen-bond acceptors (Lipinski definition) is 4. The normalized spacial score (nSPS) is 20.4. The van der Waals surface area contributed by atoms with E-state index in [9.17, 15) is 14.4 Å². The zero-order valence-corrected chi connectivity index (χ0v) is 15.1. The molecule has 3 rings (SSSR count). The van der Waals surface area contributed by atoms with E-state index >= 15 is 0 Å². The molecule has 3 amide bonds. The summed E-state index contributed by atoms with van der Waals surface area (Å²) in [5, 5.41) is 0. The van der Waals surface area contributed by atoms with E-state index < -0.39 is 0 Å². The molecule has 1 aromatic rings. The second kappa shape index (κ2) is 8.21. The zero-order chi connectivity index (χ0) is 18.5. The maximum Gasteiger partial charge on any atom is 0.228 e. The van der Waals surface area contributed by atoms with Gasteiger partial charge < -0.3 is 19.4 Å². The Balaban J connectivity index is 1.49. The Kier molecular flexibility index (Phi) is 5.75. The smallest absolute Gasteiger partial charge is 0.228 e. The molecule has 1 atom stereocenters. The van der Waals surface area contributed by atoms with Crippen molar-refractivity contribution in [3.8, 4) is 5.75 Å². The SMILES string of the molecule is COc1ccc(CCN2CC(C(=O)N3CCN(C=O)CC3)CC2=O)cc1. The molecule has 7 heteroatoms. The number of nitrogens with zero attached hydrogens (tertiary/aromatic N) is 3. The van der Waals surface area contributed by atoms with Crippen molar-refractivity contribution in [1.82, 2.24) is 14.7 Å². The fraction of sp³-hybridized carbons (Fsp3) is 0.526. The number of ether oxygens (including phenoxy) is 1. The zero-order valence-electron chi connectivity index (χ0n) is 15.1. The molecule has 0 N–H and O–H groups in total. The maximum absolute atomic E-state index is 12.7. The highest BCUT2D eigenvalue weighted by atomic mass is 16.5. The number of amides is 3. The van der Waals surface area contributed by atoms with Crippen molar-refractivity contribution in [3.05, 3.63) is 29.8 Å². The summed E-state index contributed by atoms with van der Waals surface area (Å²) in [7, 11) is 1.63. The lowest BCUT2D eigenvalue weighted by Gasteiger charge is -2.33. The first kappa shape index (κ1) is 18.2. The van der Waals surface area contributed by atoms with Crippen LogP contribution in [0.2, 0.25) is 0 Å². The third-order valence-corrected chi connectivity index (χ3v) is 5.17. The van der Waals surface area contributed by atoms with Crippen LogP contribution in [0, 0.1) is 5.92 Å². The molecule has 2 aliphatic heterocycles. The van der Waals surface area contributed by atoms with Crippen LogP contribution >= 0.6 is 0 Å². The van der Waals surface area contributed by atoms with Gasteiger partial charge in [0.25, 0.3) is 0 Å². The largest absolute Gasteiger partial charge is 0.497 e. The van der Waals surface area contributed by atoms with Crippen molar-refractivity contribution >= 4 is 18.2 Å². The van der Waals surface area contributed by atoms with Crippen LogP contribution in [0.25, 0.3) is 0 Å². The molecule has 2 fully saturated rings. The van der Waals surface area contributed by atoms with Gasteiger partial charge in [-0.1, -0.05) is 12.1 Å². The monoisotopic (exact) mass is 359 g/mol. The van der Waals surface area contributed by atoms with Gasteiger partial charge in [0.15, 0.2) is 0 Å². The topological polar surface area (TPSA) is 70.2 Å². The molecule has 0 bridgehead atoms. The minimum absolute atomic E-state index is 0.0378. The molecular formula is C19H25N3O4. The average molecular weight is 359 g/mol. The summed E-state index contributed by atoms with van der Waals surface area (Å²) in [5.41, 5.74) is 1.14. The van der Waals surface area contributed by atoms with E-state index in [4.69, 9.17) is 4.74 Å². The van der Waals surface area contributed by atoms with Crippen molar-refractivity contribution < 1.29 is 19.1 Å². The number of hydrogen-bond donors (Lipinski definition) is 0. The Bertz CT molecular complexity index is 653. The van der Waals surface area contributed by atoms with Gasteiger partial charge >= 0.3 is 0 Å². The molecule has 2 heterocycles. The van der Waals surface area contributed by atoms with Gasteiger partial charge in [0.1, 0.15) is 5.75 Å². The van der Waals surface area contributed by atoms with Crippen molar-refractivity contribution in [2.24, 2.45) is 5.92 Å². The summed E-state index contributed by atoms with van der Waals surface area (Å²) < 4.78 is 5.15. The molecule has 1 aromatic carbocycles. The van der Waals surface area contributed by atoms with Crippen LogP contribution in [-0.4, -0.2) is 79.3 Å². The molecule has 0 aliphatic carbocycles. The van der Waals surface area contributed by atoms with Crippen LogP contribution in [-0.2, 0) is 20.8 Å². The number of piperazine rings is 1. The van der Waals surface area contributed by atoms with E-state index in [1.54, 1.807) is 21.8 Å². The first-order chi connectivity index (χ1) is 12.6. The summed E-state index contributed by atoms with van der Waals surface area (Å²) in [6.07, 6.45) is 1.87. The molecule has 0 radical (unpaired) electrons. The van der Waals surface area contributed by atoms with Crippen LogP contribution in [0.1, 0.15) is 12.0 Å². The van der Waals surface area contributed by atoms with Gasteiger partial charge in [0, 0.05) is 45.7 Å².